The summed E-state index contributed by atoms with van der Waals surface area (Å²) in [6.07, 6.45) is 2.43. The molecule has 3 amide bonds. The second-order valence-corrected chi connectivity index (χ2v) is 6.12. The standard InChI is InChI=1S/C18H13FN4O2/c19-14-3-1-10(5-12(14)7-20)15-4-2-11(8-21-15)13-6-16(13)23-17(24)9-22-18(23)25/h1-5,8,13,16H,6,9H2,(H,22,25)/t13-,16+/m1/s1. The number of carbonyl (C=O) groups is 2. The summed E-state index contributed by atoms with van der Waals surface area (Å²) >= 11 is 0. The van der Waals surface area contributed by atoms with E-state index in [1.165, 1.54) is 17.0 Å². The van der Waals surface area contributed by atoms with Gasteiger partial charge in [-0.1, -0.05) is 6.07 Å². The van der Waals surface area contributed by atoms with Gasteiger partial charge in [-0.05, 0) is 36.2 Å². The lowest BCUT2D eigenvalue weighted by molar-refractivity contribution is -0.125. The highest BCUT2D eigenvalue weighted by Crippen LogP contribution is 2.45. The highest BCUT2D eigenvalue weighted by Gasteiger charge is 2.49. The topological polar surface area (TPSA) is 86.1 Å². The molecule has 2 atom stereocenters. The minimum Gasteiger partial charge on any atom is -0.329 e. The Bertz CT molecular complexity index is 904. The molecule has 7 heteroatoms. The van der Waals surface area contributed by atoms with E-state index in [2.05, 4.69) is 10.3 Å². The van der Waals surface area contributed by atoms with Crippen LogP contribution in [0.2, 0.25) is 0 Å². The summed E-state index contributed by atoms with van der Waals surface area (Å²) in [6, 6.07) is 9.34. The molecule has 1 aliphatic heterocycles. The summed E-state index contributed by atoms with van der Waals surface area (Å²) in [7, 11) is 0. The molecule has 2 aliphatic rings. The van der Waals surface area contributed by atoms with Crippen molar-refractivity contribution in [2.24, 2.45) is 0 Å². The number of nitrogens with one attached hydrogen (secondary N) is 1. The molecule has 2 fully saturated rings. The fraction of sp³-hybridized carbons (Fsp3) is 0.222. The fourth-order valence-electron chi connectivity index (χ4n) is 3.16. The van der Waals surface area contributed by atoms with Gasteiger partial charge in [0.1, 0.15) is 11.9 Å². The molecule has 1 aliphatic carbocycles. The number of hydrogen-bond donors (Lipinski definition) is 1. The van der Waals surface area contributed by atoms with Gasteiger partial charge in [-0.3, -0.25) is 14.7 Å². The predicted octanol–water partition coefficient (Wildman–Crippen LogP) is 2.17. The number of benzene rings is 1. The lowest BCUT2D eigenvalue weighted by atomic mass is 10.1. The van der Waals surface area contributed by atoms with E-state index < -0.39 is 5.82 Å². The van der Waals surface area contributed by atoms with E-state index in [1.807, 2.05) is 12.1 Å². The maximum Gasteiger partial charge on any atom is 0.324 e. The van der Waals surface area contributed by atoms with Crippen LogP contribution < -0.4 is 5.32 Å². The van der Waals surface area contributed by atoms with Crippen LogP contribution in [-0.2, 0) is 4.79 Å². The van der Waals surface area contributed by atoms with Gasteiger partial charge in [-0.2, -0.15) is 5.26 Å². The van der Waals surface area contributed by atoms with Crippen LogP contribution >= 0.6 is 0 Å². The molecule has 1 N–H and O–H groups in total. The van der Waals surface area contributed by atoms with E-state index in [9.17, 15) is 14.0 Å². The molecule has 1 aromatic carbocycles. The van der Waals surface area contributed by atoms with Crippen molar-refractivity contribution < 1.29 is 14.0 Å². The summed E-state index contributed by atoms with van der Waals surface area (Å²) in [6.45, 7) is 0.0605. The average Bonchev–Trinajstić information content (AvgIpc) is 3.34. The van der Waals surface area contributed by atoms with Gasteiger partial charge in [-0.25, -0.2) is 9.18 Å². The summed E-state index contributed by atoms with van der Waals surface area (Å²) in [4.78, 5) is 29.1. The number of pyridine rings is 1. The van der Waals surface area contributed by atoms with Crippen LogP contribution in [0.4, 0.5) is 9.18 Å². The number of nitriles is 1. The second-order valence-electron chi connectivity index (χ2n) is 6.12. The van der Waals surface area contributed by atoms with E-state index >= 15 is 0 Å². The van der Waals surface area contributed by atoms with E-state index in [1.54, 1.807) is 18.3 Å². The predicted molar refractivity (Wildman–Crippen MR) is 85.7 cm³/mol. The summed E-state index contributed by atoms with van der Waals surface area (Å²) in [5.74, 6) is -0.660. The molecular formula is C18H13FN4O2. The Kier molecular flexibility index (Phi) is 3.46. The molecule has 6 nitrogen and oxygen atoms in total. The highest BCUT2D eigenvalue weighted by atomic mass is 19.1. The Morgan fingerprint density at radius 3 is 2.76 bits per heavy atom. The number of aromatic nitrogens is 1. The molecule has 124 valence electrons. The van der Waals surface area contributed by atoms with Crippen LogP contribution in [0.25, 0.3) is 11.3 Å². The van der Waals surface area contributed by atoms with E-state index in [0.717, 1.165) is 12.0 Å². The van der Waals surface area contributed by atoms with E-state index in [4.69, 9.17) is 5.26 Å². The number of urea groups is 1. The van der Waals surface area contributed by atoms with Crippen LogP contribution in [0.15, 0.2) is 36.5 Å². The zero-order chi connectivity index (χ0) is 17.6. The van der Waals surface area contributed by atoms with Crippen LogP contribution in [0.1, 0.15) is 23.5 Å². The number of hydrogen-bond acceptors (Lipinski definition) is 4. The maximum atomic E-state index is 13.4. The smallest absolute Gasteiger partial charge is 0.324 e. The number of carbonyl (C=O) groups excluding carboxylic acids is 2. The molecule has 0 spiro atoms. The molecule has 1 aromatic heterocycles. The van der Waals surface area contributed by atoms with E-state index in [0.29, 0.717) is 11.3 Å². The summed E-state index contributed by atoms with van der Waals surface area (Å²) in [5.41, 5.74) is 2.21. The summed E-state index contributed by atoms with van der Waals surface area (Å²) < 4.78 is 13.4. The van der Waals surface area contributed by atoms with Crippen molar-refractivity contribution in [1.82, 2.24) is 15.2 Å². The number of halogens is 1. The SMILES string of the molecule is N#Cc1cc(-c2ccc([C@H]3C[C@@H]3N3C(=O)CNC3=O)cn2)ccc1F. The Morgan fingerprint density at radius 2 is 2.12 bits per heavy atom. The minimum atomic E-state index is -0.558. The highest BCUT2D eigenvalue weighted by molar-refractivity contribution is 6.02. The van der Waals surface area contributed by atoms with Gasteiger partial charge >= 0.3 is 6.03 Å². The first-order valence-corrected chi connectivity index (χ1v) is 7.84. The molecule has 0 radical (unpaired) electrons. The van der Waals surface area contributed by atoms with Crippen LogP contribution in [0.5, 0.6) is 0 Å². The number of nitrogens with zero attached hydrogens (tertiary/aromatic N) is 3. The molecule has 1 saturated heterocycles. The van der Waals surface area contributed by atoms with Gasteiger partial charge in [0.25, 0.3) is 0 Å². The van der Waals surface area contributed by atoms with Gasteiger partial charge in [-0.15, -0.1) is 0 Å². The maximum absolute atomic E-state index is 13.4. The third-order valence-corrected chi connectivity index (χ3v) is 4.56. The van der Waals surface area contributed by atoms with Crippen molar-refractivity contribution in [2.45, 2.75) is 18.4 Å². The monoisotopic (exact) mass is 336 g/mol. The molecular weight excluding hydrogens is 323 g/mol. The molecule has 4 rings (SSSR count). The average molecular weight is 336 g/mol. The van der Waals surface area contributed by atoms with Gasteiger partial charge in [0.15, 0.2) is 0 Å². The third-order valence-electron chi connectivity index (χ3n) is 4.56. The molecule has 25 heavy (non-hydrogen) atoms. The third kappa shape index (κ3) is 2.62. The van der Waals surface area contributed by atoms with Crippen molar-refractivity contribution in [2.75, 3.05) is 6.54 Å². The lowest BCUT2D eigenvalue weighted by Crippen LogP contribution is -2.33. The molecule has 1 saturated carbocycles. The Morgan fingerprint density at radius 1 is 1.28 bits per heavy atom. The van der Waals surface area contributed by atoms with Gasteiger partial charge < -0.3 is 5.32 Å². The number of amides is 3. The summed E-state index contributed by atoms with van der Waals surface area (Å²) in [5, 5.41) is 11.4. The largest absolute Gasteiger partial charge is 0.329 e. The van der Waals surface area contributed by atoms with Gasteiger partial charge in [0.05, 0.1) is 17.8 Å². The van der Waals surface area contributed by atoms with Crippen molar-refractivity contribution in [3.8, 4) is 17.3 Å². The quantitative estimate of drug-likeness (QED) is 0.870. The first-order valence-electron chi connectivity index (χ1n) is 7.84. The fourth-order valence-corrected chi connectivity index (χ4v) is 3.16. The Balaban J connectivity index is 1.53. The first-order chi connectivity index (χ1) is 12.1. The van der Waals surface area contributed by atoms with Crippen LogP contribution in [0, 0.1) is 17.1 Å². The Hall–Kier alpha value is -3.27. The Labute approximate surface area is 142 Å². The number of imide groups is 1. The van der Waals surface area contributed by atoms with Crippen molar-refractivity contribution >= 4 is 11.9 Å². The molecule has 2 aromatic rings. The van der Waals surface area contributed by atoms with Crippen LogP contribution in [-0.4, -0.2) is 34.4 Å². The van der Waals surface area contributed by atoms with Gasteiger partial charge in [0, 0.05) is 23.7 Å². The van der Waals surface area contributed by atoms with E-state index in [-0.39, 0.29) is 36.0 Å². The lowest BCUT2D eigenvalue weighted by Gasteiger charge is -2.12. The molecule has 2 heterocycles. The van der Waals surface area contributed by atoms with Gasteiger partial charge in [0.2, 0.25) is 5.91 Å². The minimum absolute atomic E-state index is 0.0239. The van der Waals surface area contributed by atoms with Crippen molar-refractivity contribution in [1.29, 1.82) is 5.26 Å². The second kappa shape index (κ2) is 5.67. The molecule has 0 bridgehead atoms. The van der Waals surface area contributed by atoms with Crippen molar-refractivity contribution in [3.05, 3.63) is 53.5 Å². The molecule has 0 unspecified atom stereocenters. The zero-order valence-electron chi connectivity index (χ0n) is 13.1. The van der Waals surface area contributed by atoms with Crippen LogP contribution in [0.3, 0.4) is 0 Å². The normalized spacial score (nSPS) is 21.8. The van der Waals surface area contributed by atoms with Crippen molar-refractivity contribution in [3.63, 3.8) is 0 Å². The number of rotatable bonds is 3. The zero-order valence-corrected chi connectivity index (χ0v) is 13.1. The first kappa shape index (κ1) is 15.3.